The highest BCUT2D eigenvalue weighted by Crippen LogP contribution is 2.26. The second-order valence-electron chi connectivity index (χ2n) is 4.54. The SMILES string of the molecule is CC.COc1cccc2c(=O)[nH]nc(Cc3ccccc3)c12. The first-order valence-electron chi connectivity index (χ1n) is 7.38. The van der Waals surface area contributed by atoms with Gasteiger partial charge in [0, 0.05) is 6.42 Å². The van der Waals surface area contributed by atoms with Crippen LogP contribution in [0.5, 0.6) is 5.75 Å². The summed E-state index contributed by atoms with van der Waals surface area (Å²) in [5.41, 5.74) is 1.75. The molecule has 0 aliphatic heterocycles. The van der Waals surface area contributed by atoms with E-state index in [9.17, 15) is 4.79 Å². The van der Waals surface area contributed by atoms with Gasteiger partial charge in [0.1, 0.15) is 5.75 Å². The van der Waals surface area contributed by atoms with Gasteiger partial charge in [0.15, 0.2) is 0 Å². The summed E-state index contributed by atoms with van der Waals surface area (Å²) in [4.78, 5) is 11.9. The highest BCUT2D eigenvalue weighted by Gasteiger charge is 2.11. The van der Waals surface area contributed by atoms with Crippen molar-refractivity contribution in [1.29, 1.82) is 0 Å². The average Bonchev–Trinajstić information content (AvgIpc) is 2.60. The molecule has 0 aliphatic carbocycles. The maximum absolute atomic E-state index is 11.9. The van der Waals surface area contributed by atoms with Crippen LogP contribution in [0.1, 0.15) is 25.1 Å². The smallest absolute Gasteiger partial charge is 0.272 e. The molecule has 4 heteroatoms. The number of methoxy groups -OCH3 is 1. The summed E-state index contributed by atoms with van der Waals surface area (Å²) in [6.07, 6.45) is 0.647. The third-order valence-corrected chi connectivity index (χ3v) is 3.29. The summed E-state index contributed by atoms with van der Waals surface area (Å²) in [6, 6.07) is 15.5. The van der Waals surface area contributed by atoms with E-state index in [1.165, 1.54) is 0 Å². The largest absolute Gasteiger partial charge is 0.496 e. The Kier molecular flexibility index (Phi) is 5.31. The molecule has 114 valence electrons. The lowest BCUT2D eigenvalue weighted by molar-refractivity contribution is 0.419. The number of aromatic amines is 1. The molecule has 0 radical (unpaired) electrons. The van der Waals surface area contributed by atoms with Gasteiger partial charge in [-0.2, -0.15) is 5.10 Å². The molecular formula is C18H20N2O2. The first kappa shape index (κ1) is 15.8. The third kappa shape index (κ3) is 3.17. The zero-order valence-electron chi connectivity index (χ0n) is 13.1. The standard InChI is InChI=1S/C16H14N2O2.C2H6/c1-20-14-9-5-8-12-15(14)13(17-18-16(12)19)10-11-6-3-2-4-7-11;1-2/h2-9H,10H2,1H3,(H,18,19);1-2H3. The molecule has 3 aromatic rings. The number of nitrogens with one attached hydrogen (secondary N) is 1. The number of ether oxygens (including phenoxy) is 1. The lowest BCUT2D eigenvalue weighted by Gasteiger charge is -2.09. The molecule has 0 bridgehead atoms. The van der Waals surface area contributed by atoms with Crippen molar-refractivity contribution in [2.24, 2.45) is 0 Å². The lowest BCUT2D eigenvalue weighted by atomic mass is 10.0. The van der Waals surface area contributed by atoms with E-state index in [0.717, 1.165) is 16.6 Å². The molecule has 0 saturated heterocycles. The fraction of sp³-hybridized carbons (Fsp3) is 0.222. The Hall–Kier alpha value is -2.62. The minimum Gasteiger partial charge on any atom is -0.496 e. The fourth-order valence-corrected chi connectivity index (χ4v) is 2.34. The predicted octanol–water partition coefficient (Wildman–Crippen LogP) is 3.55. The van der Waals surface area contributed by atoms with Crippen LogP contribution in [0.15, 0.2) is 53.3 Å². The van der Waals surface area contributed by atoms with Crippen LogP contribution < -0.4 is 10.3 Å². The van der Waals surface area contributed by atoms with Crippen LogP contribution >= 0.6 is 0 Å². The van der Waals surface area contributed by atoms with Crippen molar-refractivity contribution < 1.29 is 4.74 Å². The number of fused-ring (bicyclic) bond motifs is 1. The van der Waals surface area contributed by atoms with Gasteiger partial charge < -0.3 is 4.74 Å². The lowest BCUT2D eigenvalue weighted by Crippen LogP contribution is -2.12. The van der Waals surface area contributed by atoms with E-state index in [1.807, 2.05) is 56.3 Å². The Labute approximate surface area is 129 Å². The fourth-order valence-electron chi connectivity index (χ4n) is 2.34. The van der Waals surface area contributed by atoms with Crippen LogP contribution in [0.4, 0.5) is 0 Å². The van der Waals surface area contributed by atoms with Crippen LogP contribution in [0.25, 0.3) is 10.8 Å². The molecule has 4 nitrogen and oxygen atoms in total. The molecule has 3 rings (SSSR count). The van der Waals surface area contributed by atoms with Gasteiger partial charge in [0.2, 0.25) is 0 Å². The number of benzene rings is 2. The molecule has 1 aromatic heterocycles. The molecule has 0 fully saturated rings. The van der Waals surface area contributed by atoms with Gasteiger partial charge in [-0.3, -0.25) is 4.79 Å². The quantitative estimate of drug-likeness (QED) is 0.804. The molecule has 1 N–H and O–H groups in total. The summed E-state index contributed by atoms with van der Waals surface area (Å²) >= 11 is 0. The Morgan fingerprint density at radius 2 is 1.77 bits per heavy atom. The van der Waals surface area contributed by atoms with Gasteiger partial charge in [0.05, 0.1) is 23.6 Å². The third-order valence-electron chi connectivity index (χ3n) is 3.29. The van der Waals surface area contributed by atoms with E-state index in [1.54, 1.807) is 13.2 Å². The topological polar surface area (TPSA) is 55.0 Å². The van der Waals surface area contributed by atoms with Crippen molar-refractivity contribution in [2.45, 2.75) is 20.3 Å². The summed E-state index contributed by atoms with van der Waals surface area (Å²) in [6.45, 7) is 4.00. The highest BCUT2D eigenvalue weighted by molar-refractivity contribution is 5.89. The van der Waals surface area contributed by atoms with Gasteiger partial charge in [-0.15, -0.1) is 0 Å². The summed E-state index contributed by atoms with van der Waals surface area (Å²) < 4.78 is 5.37. The Balaban J connectivity index is 0.000000847. The molecular weight excluding hydrogens is 276 g/mol. The van der Waals surface area contributed by atoms with Gasteiger partial charge in [-0.25, -0.2) is 5.10 Å². The normalized spacial score (nSPS) is 9.95. The van der Waals surface area contributed by atoms with Crippen molar-refractivity contribution in [3.63, 3.8) is 0 Å². The summed E-state index contributed by atoms with van der Waals surface area (Å²) in [5.74, 6) is 0.673. The van der Waals surface area contributed by atoms with Crippen molar-refractivity contribution in [3.8, 4) is 5.75 Å². The van der Waals surface area contributed by atoms with E-state index >= 15 is 0 Å². The van der Waals surface area contributed by atoms with Gasteiger partial charge >= 0.3 is 0 Å². The van der Waals surface area contributed by atoms with Crippen LogP contribution in [0, 0.1) is 0 Å². The Bertz CT molecular complexity index is 795. The number of H-pyrrole nitrogens is 1. The van der Waals surface area contributed by atoms with Crippen molar-refractivity contribution >= 4 is 10.8 Å². The van der Waals surface area contributed by atoms with Crippen molar-refractivity contribution in [3.05, 3.63) is 70.1 Å². The second-order valence-corrected chi connectivity index (χ2v) is 4.54. The first-order chi connectivity index (χ1) is 10.8. The van der Waals surface area contributed by atoms with Crippen LogP contribution in [0.3, 0.4) is 0 Å². The minimum absolute atomic E-state index is 0.198. The van der Waals surface area contributed by atoms with Crippen LogP contribution in [-0.2, 0) is 6.42 Å². The zero-order valence-corrected chi connectivity index (χ0v) is 13.1. The average molecular weight is 296 g/mol. The minimum atomic E-state index is -0.198. The maximum atomic E-state index is 11.9. The predicted molar refractivity (Wildman–Crippen MR) is 89.5 cm³/mol. The maximum Gasteiger partial charge on any atom is 0.272 e. The molecule has 0 amide bonds. The van der Waals surface area contributed by atoms with Gasteiger partial charge in [0.25, 0.3) is 5.56 Å². The van der Waals surface area contributed by atoms with E-state index < -0.39 is 0 Å². The molecule has 0 spiro atoms. The van der Waals surface area contributed by atoms with E-state index in [-0.39, 0.29) is 5.56 Å². The monoisotopic (exact) mass is 296 g/mol. The number of nitrogens with zero attached hydrogens (tertiary/aromatic N) is 1. The number of rotatable bonds is 3. The van der Waals surface area contributed by atoms with E-state index in [2.05, 4.69) is 10.2 Å². The van der Waals surface area contributed by atoms with E-state index in [4.69, 9.17) is 4.74 Å². The molecule has 0 saturated carbocycles. The molecule has 0 aliphatic rings. The Morgan fingerprint density at radius 1 is 1.05 bits per heavy atom. The molecule has 0 unspecified atom stereocenters. The highest BCUT2D eigenvalue weighted by atomic mass is 16.5. The summed E-state index contributed by atoms with van der Waals surface area (Å²) in [5, 5.41) is 8.13. The number of hydrogen-bond donors (Lipinski definition) is 1. The molecule has 1 heterocycles. The molecule has 2 aromatic carbocycles. The van der Waals surface area contributed by atoms with Gasteiger partial charge in [-0.1, -0.05) is 50.2 Å². The van der Waals surface area contributed by atoms with Gasteiger partial charge in [-0.05, 0) is 17.7 Å². The molecule has 0 atom stereocenters. The van der Waals surface area contributed by atoms with Crippen molar-refractivity contribution in [2.75, 3.05) is 7.11 Å². The zero-order chi connectivity index (χ0) is 15.9. The van der Waals surface area contributed by atoms with Crippen LogP contribution in [0.2, 0.25) is 0 Å². The number of aromatic nitrogens is 2. The first-order valence-corrected chi connectivity index (χ1v) is 7.38. The van der Waals surface area contributed by atoms with E-state index in [0.29, 0.717) is 17.6 Å². The molecule has 22 heavy (non-hydrogen) atoms. The Morgan fingerprint density at radius 3 is 2.45 bits per heavy atom. The summed E-state index contributed by atoms with van der Waals surface area (Å²) in [7, 11) is 1.60. The van der Waals surface area contributed by atoms with Crippen molar-refractivity contribution in [1.82, 2.24) is 10.2 Å². The second kappa shape index (κ2) is 7.41. The van der Waals surface area contributed by atoms with Crippen LogP contribution in [-0.4, -0.2) is 17.3 Å². The number of hydrogen-bond acceptors (Lipinski definition) is 3.